The molecule has 1 aliphatic heterocycles. The third-order valence-electron chi connectivity index (χ3n) is 4.90. The van der Waals surface area contributed by atoms with E-state index in [0.29, 0.717) is 16.2 Å². The highest BCUT2D eigenvalue weighted by Crippen LogP contribution is 2.38. The topological polar surface area (TPSA) is 59.8 Å². The molecule has 0 radical (unpaired) electrons. The van der Waals surface area contributed by atoms with Crippen molar-refractivity contribution in [1.82, 2.24) is 4.90 Å². The van der Waals surface area contributed by atoms with Gasteiger partial charge in [0.15, 0.2) is 0 Å². The molecule has 2 heterocycles. The minimum absolute atomic E-state index is 0.210. The maximum absolute atomic E-state index is 13.3. The van der Waals surface area contributed by atoms with Gasteiger partial charge in [-0.2, -0.15) is 0 Å². The lowest BCUT2D eigenvalue weighted by atomic mass is 10.0. The van der Waals surface area contributed by atoms with Gasteiger partial charge in [-0.3, -0.25) is 14.5 Å². The van der Waals surface area contributed by atoms with Crippen molar-refractivity contribution in [3.8, 4) is 5.75 Å². The number of carbonyl (C=O) groups is 2. The van der Waals surface area contributed by atoms with Gasteiger partial charge in [-0.15, -0.1) is 11.8 Å². The smallest absolute Gasteiger partial charge is 0.268 e. The van der Waals surface area contributed by atoms with Crippen LogP contribution in [-0.4, -0.2) is 23.8 Å². The maximum atomic E-state index is 13.3. The molecule has 2 aromatic carbocycles. The highest BCUT2D eigenvalue weighted by Gasteiger charge is 2.39. The van der Waals surface area contributed by atoms with Crippen molar-refractivity contribution in [2.75, 3.05) is 7.11 Å². The van der Waals surface area contributed by atoms with Gasteiger partial charge >= 0.3 is 0 Å². The first-order chi connectivity index (χ1) is 14.6. The largest absolute Gasteiger partial charge is 0.497 e. The van der Waals surface area contributed by atoms with E-state index in [0.717, 1.165) is 28.2 Å². The molecule has 0 fully saturated rings. The Morgan fingerprint density at radius 1 is 0.967 bits per heavy atom. The van der Waals surface area contributed by atoms with Gasteiger partial charge in [0.25, 0.3) is 11.8 Å². The zero-order valence-electron chi connectivity index (χ0n) is 16.8. The molecule has 4 rings (SSSR count). The van der Waals surface area contributed by atoms with E-state index in [1.165, 1.54) is 16.7 Å². The fourth-order valence-corrected chi connectivity index (χ4v) is 4.29. The van der Waals surface area contributed by atoms with Crippen LogP contribution in [0.5, 0.6) is 5.75 Å². The second kappa shape index (κ2) is 8.63. The fourth-order valence-electron chi connectivity index (χ4n) is 3.26. The predicted molar refractivity (Wildman–Crippen MR) is 117 cm³/mol. The summed E-state index contributed by atoms with van der Waals surface area (Å²) in [5, 5.41) is 0. The van der Waals surface area contributed by atoms with Gasteiger partial charge in [0.1, 0.15) is 11.5 Å². The molecule has 0 spiro atoms. The first-order valence-corrected chi connectivity index (χ1v) is 10.5. The highest BCUT2D eigenvalue weighted by molar-refractivity contribution is 8.03. The minimum atomic E-state index is -0.276. The number of ether oxygens (including phenoxy) is 1. The summed E-state index contributed by atoms with van der Waals surface area (Å²) in [7, 11) is 1.60. The van der Waals surface area contributed by atoms with E-state index in [-0.39, 0.29) is 18.4 Å². The van der Waals surface area contributed by atoms with Gasteiger partial charge in [-0.05, 0) is 42.3 Å². The lowest BCUT2D eigenvalue weighted by molar-refractivity contribution is -0.137. The van der Waals surface area contributed by atoms with Crippen LogP contribution in [0.2, 0.25) is 0 Å². The quantitative estimate of drug-likeness (QED) is 0.515. The molecule has 1 aliphatic rings. The van der Waals surface area contributed by atoms with Crippen LogP contribution in [0.25, 0.3) is 5.57 Å². The lowest BCUT2D eigenvalue weighted by Crippen LogP contribution is -2.30. The average Bonchev–Trinajstić information content (AvgIpc) is 3.36. The van der Waals surface area contributed by atoms with E-state index >= 15 is 0 Å². The van der Waals surface area contributed by atoms with Crippen molar-refractivity contribution in [1.29, 1.82) is 0 Å². The molecule has 0 saturated heterocycles. The van der Waals surface area contributed by atoms with Crippen LogP contribution in [-0.2, 0) is 21.9 Å². The number of aryl methyl sites for hydroxylation is 1. The number of amides is 2. The van der Waals surface area contributed by atoms with Crippen LogP contribution < -0.4 is 4.74 Å². The standard InChI is InChI=1S/C24H21NO4S/c1-16-5-9-18(10-6-16)21-22(30-15-20-4-3-13-29-20)24(27)25(23(21)26)14-17-7-11-19(28-2)12-8-17/h3-13H,14-15H2,1-2H3. The number of nitrogens with zero attached hydrogens (tertiary/aromatic N) is 1. The van der Waals surface area contributed by atoms with Crippen molar-refractivity contribution < 1.29 is 18.7 Å². The Morgan fingerprint density at radius 2 is 1.70 bits per heavy atom. The number of thioether (sulfide) groups is 1. The number of carbonyl (C=O) groups excluding carboxylic acids is 2. The summed E-state index contributed by atoms with van der Waals surface area (Å²) in [5.41, 5.74) is 3.15. The Bertz CT molecular complexity index is 1080. The first kappa shape index (κ1) is 20.0. The van der Waals surface area contributed by atoms with E-state index in [1.54, 1.807) is 13.4 Å². The van der Waals surface area contributed by atoms with E-state index < -0.39 is 0 Å². The Hall–Kier alpha value is -3.25. The summed E-state index contributed by atoms with van der Waals surface area (Å²) < 4.78 is 10.6. The fraction of sp³-hybridized carbons (Fsp3) is 0.167. The minimum Gasteiger partial charge on any atom is -0.497 e. The molecular formula is C24H21NO4S. The summed E-state index contributed by atoms with van der Waals surface area (Å²) >= 11 is 1.33. The van der Waals surface area contributed by atoms with Crippen molar-refractivity contribution >= 4 is 29.1 Å². The molecule has 6 heteroatoms. The number of methoxy groups -OCH3 is 1. The summed E-state index contributed by atoms with van der Waals surface area (Å²) in [4.78, 5) is 28.3. The van der Waals surface area contributed by atoms with E-state index in [9.17, 15) is 9.59 Å². The second-order valence-corrected chi connectivity index (χ2v) is 7.97. The van der Waals surface area contributed by atoms with E-state index in [2.05, 4.69) is 0 Å². The molecule has 0 aliphatic carbocycles. The average molecular weight is 420 g/mol. The highest BCUT2D eigenvalue weighted by atomic mass is 32.2. The predicted octanol–water partition coefficient (Wildman–Crippen LogP) is 4.81. The number of benzene rings is 2. The maximum Gasteiger partial charge on any atom is 0.268 e. The molecule has 0 saturated carbocycles. The first-order valence-electron chi connectivity index (χ1n) is 9.52. The molecule has 0 unspecified atom stereocenters. The van der Waals surface area contributed by atoms with Gasteiger partial charge in [0.2, 0.25) is 0 Å². The molecule has 2 amide bonds. The molecule has 0 atom stereocenters. The molecule has 30 heavy (non-hydrogen) atoms. The van der Waals surface area contributed by atoms with Crippen LogP contribution >= 0.6 is 11.8 Å². The van der Waals surface area contributed by atoms with Crippen LogP contribution in [0.3, 0.4) is 0 Å². The molecule has 1 aromatic heterocycles. The summed E-state index contributed by atoms with van der Waals surface area (Å²) in [6.45, 7) is 2.20. The van der Waals surface area contributed by atoms with Gasteiger partial charge < -0.3 is 9.15 Å². The second-order valence-electron chi connectivity index (χ2n) is 6.98. The molecule has 3 aromatic rings. The number of furan rings is 1. The van der Waals surface area contributed by atoms with Crippen molar-refractivity contribution in [3.63, 3.8) is 0 Å². The van der Waals surface area contributed by atoms with E-state index in [1.807, 2.05) is 67.6 Å². The Morgan fingerprint density at radius 3 is 2.33 bits per heavy atom. The lowest BCUT2D eigenvalue weighted by Gasteiger charge is -2.15. The molecular weight excluding hydrogens is 398 g/mol. The van der Waals surface area contributed by atoms with Gasteiger partial charge in [0.05, 0.1) is 36.1 Å². The summed E-state index contributed by atoms with van der Waals surface area (Å²) in [6, 6.07) is 18.7. The number of hydrogen-bond donors (Lipinski definition) is 0. The normalized spacial score (nSPS) is 14.0. The summed E-state index contributed by atoms with van der Waals surface area (Å²) in [5.74, 6) is 1.41. The van der Waals surface area contributed by atoms with Gasteiger partial charge in [-0.25, -0.2) is 0 Å². The number of imide groups is 1. The van der Waals surface area contributed by atoms with Crippen LogP contribution in [0.15, 0.2) is 76.2 Å². The van der Waals surface area contributed by atoms with Gasteiger partial charge in [-0.1, -0.05) is 42.0 Å². The Balaban J connectivity index is 1.64. The molecule has 0 bridgehead atoms. The van der Waals surface area contributed by atoms with Crippen LogP contribution in [0.1, 0.15) is 22.5 Å². The SMILES string of the molecule is COc1ccc(CN2C(=O)C(SCc3ccco3)=C(c3ccc(C)cc3)C2=O)cc1. The van der Waals surface area contributed by atoms with Crippen molar-refractivity contribution in [3.05, 3.63) is 94.3 Å². The van der Waals surface area contributed by atoms with E-state index in [4.69, 9.17) is 9.15 Å². The Labute approximate surface area is 179 Å². The number of hydrogen-bond acceptors (Lipinski definition) is 5. The zero-order valence-corrected chi connectivity index (χ0v) is 17.6. The van der Waals surface area contributed by atoms with Gasteiger partial charge in [0, 0.05) is 0 Å². The number of rotatable bonds is 7. The molecule has 0 N–H and O–H groups in total. The van der Waals surface area contributed by atoms with Crippen molar-refractivity contribution in [2.45, 2.75) is 19.2 Å². The third kappa shape index (κ3) is 4.04. The van der Waals surface area contributed by atoms with Crippen molar-refractivity contribution in [2.24, 2.45) is 0 Å². The van der Waals surface area contributed by atoms with Crippen LogP contribution in [0.4, 0.5) is 0 Å². The monoisotopic (exact) mass is 419 g/mol. The van der Waals surface area contributed by atoms with Crippen LogP contribution in [0, 0.1) is 6.92 Å². The Kier molecular flexibility index (Phi) is 5.77. The summed E-state index contributed by atoms with van der Waals surface area (Å²) in [6.07, 6.45) is 1.60. The molecule has 5 nitrogen and oxygen atoms in total. The molecule has 152 valence electrons. The third-order valence-corrected chi connectivity index (χ3v) is 6.00. The zero-order chi connectivity index (χ0) is 21.1.